The Labute approximate surface area is 90.3 Å². The maximum atomic E-state index is 5.82. The van der Waals surface area contributed by atoms with Gasteiger partial charge in [0.05, 0.1) is 22.0 Å². The van der Waals surface area contributed by atoms with Crippen LogP contribution < -0.4 is 5.73 Å². The van der Waals surface area contributed by atoms with Gasteiger partial charge in [-0.3, -0.25) is 4.68 Å². The second kappa shape index (κ2) is 4.08. The molecule has 0 aliphatic rings. The molecule has 4 nitrogen and oxygen atoms in total. The van der Waals surface area contributed by atoms with Crippen molar-refractivity contribution in [3.63, 3.8) is 0 Å². The molecule has 0 saturated carbocycles. The summed E-state index contributed by atoms with van der Waals surface area (Å²) in [4.78, 5) is 1.03. The average Bonchev–Trinajstić information content (AvgIpc) is 2.74. The fourth-order valence-electron chi connectivity index (χ4n) is 1.10. The molecule has 2 aromatic rings. The third kappa shape index (κ3) is 1.95. The molecule has 2 N–H and O–H groups in total. The highest BCUT2D eigenvalue weighted by atomic mass is 35.5. The third-order valence-corrected chi connectivity index (χ3v) is 2.98. The van der Waals surface area contributed by atoms with Gasteiger partial charge in [0.1, 0.15) is 5.69 Å². The van der Waals surface area contributed by atoms with Gasteiger partial charge in [-0.1, -0.05) is 16.8 Å². The number of nitrogens with two attached hydrogens (primary N) is 1. The summed E-state index contributed by atoms with van der Waals surface area (Å²) in [7, 11) is 0. The SMILES string of the molecule is NCCn1cc(-c2ccc(Cl)s2)nn1. The van der Waals surface area contributed by atoms with E-state index in [-0.39, 0.29) is 0 Å². The van der Waals surface area contributed by atoms with Gasteiger partial charge in [-0.25, -0.2) is 0 Å². The highest BCUT2D eigenvalue weighted by Gasteiger charge is 2.05. The van der Waals surface area contributed by atoms with E-state index in [2.05, 4.69) is 10.3 Å². The summed E-state index contributed by atoms with van der Waals surface area (Å²) in [6, 6.07) is 3.79. The molecule has 74 valence electrons. The van der Waals surface area contributed by atoms with Crippen molar-refractivity contribution in [2.45, 2.75) is 6.54 Å². The highest BCUT2D eigenvalue weighted by molar-refractivity contribution is 7.19. The summed E-state index contributed by atoms with van der Waals surface area (Å²) >= 11 is 7.31. The highest BCUT2D eigenvalue weighted by Crippen LogP contribution is 2.29. The number of rotatable bonds is 3. The van der Waals surface area contributed by atoms with Crippen molar-refractivity contribution in [1.29, 1.82) is 0 Å². The van der Waals surface area contributed by atoms with E-state index in [1.54, 1.807) is 4.68 Å². The minimum Gasteiger partial charge on any atom is -0.329 e. The van der Waals surface area contributed by atoms with Crippen molar-refractivity contribution in [3.05, 3.63) is 22.7 Å². The molecule has 0 bridgehead atoms. The zero-order chi connectivity index (χ0) is 9.97. The van der Waals surface area contributed by atoms with Crippen molar-refractivity contribution in [2.24, 2.45) is 5.73 Å². The molecule has 2 aromatic heterocycles. The van der Waals surface area contributed by atoms with Crippen LogP contribution in [0.25, 0.3) is 10.6 Å². The minimum absolute atomic E-state index is 0.563. The molecule has 2 heterocycles. The summed E-state index contributed by atoms with van der Waals surface area (Å²) < 4.78 is 2.48. The van der Waals surface area contributed by atoms with E-state index in [4.69, 9.17) is 17.3 Å². The zero-order valence-electron chi connectivity index (χ0n) is 7.35. The number of hydrogen-bond donors (Lipinski definition) is 1. The quantitative estimate of drug-likeness (QED) is 0.869. The van der Waals surface area contributed by atoms with Gasteiger partial charge in [0, 0.05) is 6.54 Å². The van der Waals surface area contributed by atoms with E-state index in [9.17, 15) is 0 Å². The van der Waals surface area contributed by atoms with Crippen molar-refractivity contribution in [1.82, 2.24) is 15.0 Å². The predicted molar refractivity (Wildman–Crippen MR) is 57.4 cm³/mol. The summed E-state index contributed by atoms with van der Waals surface area (Å²) in [6.07, 6.45) is 1.87. The molecule has 0 radical (unpaired) electrons. The maximum Gasteiger partial charge on any atom is 0.123 e. The first-order valence-corrected chi connectivity index (χ1v) is 5.35. The van der Waals surface area contributed by atoms with Gasteiger partial charge in [0.25, 0.3) is 0 Å². The van der Waals surface area contributed by atoms with Crippen LogP contribution >= 0.6 is 22.9 Å². The van der Waals surface area contributed by atoms with Gasteiger partial charge < -0.3 is 5.73 Å². The number of aromatic nitrogens is 3. The first-order chi connectivity index (χ1) is 6.79. The summed E-state index contributed by atoms with van der Waals surface area (Å²) in [5.41, 5.74) is 6.25. The Morgan fingerprint density at radius 1 is 1.50 bits per heavy atom. The largest absolute Gasteiger partial charge is 0.329 e. The molecule has 0 amide bonds. The molecule has 0 spiro atoms. The van der Waals surface area contributed by atoms with Crippen LogP contribution in [0.3, 0.4) is 0 Å². The molecule has 0 aliphatic heterocycles. The summed E-state index contributed by atoms with van der Waals surface area (Å²) in [6.45, 7) is 1.25. The molecule has 0 aromatic carbocycles. The molecule has 2 rings (SSSR count). The molecular formula is C8H9ClN4S. The number of nitrogens with zero attached hydrogens (tertiary/aromatic N) is 3. The standard InChI is InChI=1S/C8H9ClN4S/c9-8-2-1-7(14-8)6-5-13(4-3-10)12-11-6/h1-2,5H,3-4,10H2. The fraction of sp³-hybridized carbons (Fsp3) is 0.250. The molecule has 0 unspecified atom stereocenters. The second-order valence-corrected chi connectivity index (χ2v) is 4.47. The molecule has 0 atom stereocenters. The molecule has 0 aliphatic carbocycles. The molecule has 0 fully saturated rings. The van der Waals surface area contributed by atoms with E-state index in [0.717, 1.165) is 14.9 Å². The Morgan fingerprint density at radius 2 is 2.36 bits per heavy atom. The van der Waals surface area contributed by atoms with Gasteiger partial charge >= 0.3 is 0 Å². The lowest BCUT2D eigenvalue weighted by Crippen LogP contribution is -2.10. The first-order valence-electron chi connectivity index (χ1n) is 4.15. The monoisotopic (exact) mass is 228 g/mol. The van der Waals surface area contributed by atoms with Crippen LogP contribution in [0.4, 0.5) is 0 Å². The Kier molecular flexibility index (Phi) is 2.81. The van der Waals surface area contributed by atoms with Crippen molar-refractivity contribution in [3.8, 4) is 10.6 Å². The lowest BCUT2D eigenvalue weighted by molar-refractivity contribution is 0.598. The van der Waals surface area contributed by atoms with E-state index < -0.39 is 0 Å². The van der Waals surface area contributed by atoms with Gasteiger partial charge in [0.15, 0.2) is 0 Å². The molecule has 0 saturated heterocycles. The lowest BCUT2D eigenvalue weighted by Gasteiger charge is -1.92. The Morgan fingerprint density at radius 3 is 3.00 bits per heavy atom. The second-order valence-electron chi connectivity index (χ2n) is 2.76. The van der Waals surface area contributed by atoms with E-state index in [1.165, 1.54) is 11.3 Å². The van der Waals surface area contributed by atoms with Crippen LogP contribution in [-0.2, 0) is 6.54 Å². The first kappa shape index (κ1) is 9.64. The van der Waals surface area contributed by atoms with E-state index in [1.807, 2.05) is 18.3 Å². The van der Waals surface area contributed by atoms with Gasteiger partial charge in [-0.15, -0.1) is 16.4 Å². The summed E-state index contributed by atoms with van der Waals surface area (Å²) in [5.74, 6) is 0. The Hall–Kier alpha value is -0.910. The fourth-order valence-corrected chi connectivity index (χ4v) is 2.10. The van der Waals surface area contributed by atoms with Crippen LogP contribution in [0.2, 0.25) is 4.34 Å². The maximum absolute atomic E-state index is 5.82. The Bertz CT molecular complexity index is 422. The number of halogens is 1. The van der Waals surface area contributed by atoms with Crippen molar-refractivity contribution >= 4 is 22.9 Å². The average molecular weight is 229 g/mol. The molecular weight excluding hydrogens is 220 g/mol. The number of thiophene rings is 1. The van der Waals surface area contributed by atoms with E-state index >= 15 is 0 Å². The van der Waals surface area contributed by atoms with Crippen LogP contribution in [0.1, 0.15) is 0 Å². The zero-order valence-corrected chi connectivity index (χ0v) is 8.92. The van der Waals surface area contributed by atoms with E-state index in [0.29, 0.717) is 13.1 Å². The summed E-state index contributed by atoms with van der Waals surface area (Å²) in [5, 5.41) is 7.97. The van der Waals surface area contributed by atoms with Gasteiger partial charge in [-0.05, 0) is 12.1 Å². The smallest absolute Gasteiger partial charge is 0.123 e. The van der Waals surface area contributed by atoms with Crippen LogP contribution in [0.5, 0.6) is 0 Å². The number of hydrogen-bond acceptors (Lipinski definition) is 4. The molecule has 14 heavy (non-hydrogen) atoms. The molecule has 6 heteroatoms. The third-order valence-electron chi connectivity index (χ3n) is 1.72. The van der Waals surface area contributed by atoms with Crippen molar-refractivity contribution < 1.29 is 0 Å². The minimum atomic E-state index is 0.563. The topological polar surface area (TPSA) is 56.7 Å². The van der Waals surface area contributed by atoms with Gasteiger partial charge in [-0.2, -0.15) is 0 Å². The lowest BCUT2D eigenvalue weighted by atomic mass is 10.4. The van der Waals surface area contributed by atoms with Gasteiger partial charge in [0.2, 0.25) is 0 Å². The van der Waals surface area contributed by atoms with Crippen LogP contribution in [0.15, 0.2) is 18.3 Å². The predicted octanol–water partition coefficient (Wildman–Crippen LogP) is 1.62. The van der Waals surface area contributed by atoms with Crippen molar-refractivity contribution in [2.75, 3.05) is 6.54 Å². The van der Waals surface area contributed by atoms with Crippen LogP contribution in [0, 0.1) is 0 Å². The van der Waals surface area contributed by atoms with Crippen LogP contribution in [-0.4, -0.2) is 21.5 Å². The normalized spacial score (nSPS) is 10.7. The Balaban J connectivity index is 2.24.